The molecule has 3 aromatic carbocycles. The Hall–Kier alpha value is -5.10. The molecular formula is C27H22F2N8O2. The Balaban J connectivity index is 1.51. The minimum absolute atomic E-state index is 0.00608. The molecule has 10 nitrogen and oxygen atoms in total. The van der Waals surface area contributed by atoms with E-state index in [1.807, 2.05) is 19.0 Å². The Labute approximate surface area is 220 Å². The van der Waals surface area contributed by atoms with Gasteiger partial charge in [-0.15, -0.1) is 0 Å². The van der Waals surface area contributed by atoms with E-state index in [-0.39, 0.29) is 33.5 Å². The van der Waals surface area contributed by atoms with Gasteiger partial charge in [0.25, 0.3) is 5.91 Å². The lowest BCUT2D eigenvalue weighted by Gasteiger charge is -2.14. The van der Waals surface area contributed by atoms with E-state index >= 15 is 8.78 Å². The maximum atomic E-state index is 16.2. The number of halogens is 2. The van der Waals surface area contributed by atoms with Crippen LogP contribution in [-0.4, -0.2) is 49.4 Å². The van der Waals surface area contributed by atoms with Crippen molar-refractivity contribution in [1.82, 2.24) is 29.4 Å². The van der Waals surface area contributed by atoms with E-state index in [9.17, 15) is 4.79 Å². The van der Waals surface area contributed by atoms with Crippen LogP contribution in [0.15, 0.2) is 65.4 Å². The molecule has 0 aliphatic heterocycles. The van der Waals surface area contributed by atoms with Crippen LogP contribution < -0.4 is 11.5 Å². The van der Waals surface area contributed by atoms with Crippen LogP contribution in [0.5, 0.6) is 0 Å². The minimum Gasteiger partial charge on any atom is -0.380 e. The van der Waals surface area contributed by atoms with E-state index in [1.54, 1.807) is 41.2 Å². The number of fused-ring (bicyclic) bond motifs is 2. The van der Waals surface area contributed by atoms with Crippen LogP contribution in [0.2, 0.25) is 0 Å². The highest BCUT2D eigenvalue weighted by Crippen LogP contribution is 2.35. The van der Waals surface area contributed by atoms with Gasteiger partial charge in [0.1, 0.15) is 17.2 Å². The Morgan fingerprint density at radius 1 is 1.03 bits per heavy atom. The molecular weight excluding hydrogens is 506 g/mol. The Kier molecular flexibility index (Phi) is 5.61. The van der Waals surface area contributed by atoms with Gasteiger partial charge in [0, 0.05) is 34.6 Å². The molecule has 4 N–H and O–H groups in total. The number of nitrogens with two attached hydrogens (primary N) is 2. The molecule has 6 rings (SSSR count). The van der Waals surface area contributed by atoms with Gasteiger partial charge in [-0.1, -0.05) is 11.2 Å². The fourth-order valence-electron chi connectivity index (χ4n) is 4.66. The maximum Gasteiger partial charge on any atom is 0.269 e. The number of carbonyl (C=O) groups is 1. The number of primary amides is 1. The van der Waals surface area contributed by atoms with Crippen molar-refractivity contribution in [2.75, 3.05) is 19.8 Å². The highest BCUT2D eigenvalue weighted by atomic mass is 19.1. The average molecular weight is 529 g/mol. The van der Waals surface area contributed by atoms with Gasteiger partial charge in [0.15, 0.2) is 22.9 Å². The van der Waals surface area contributed by atoms with Crippen molar-refractivity contribution in [3.05, 3.63) is 84.1 Å². The lowest BCUT2D eigenvalue weighted by molar-refractivity contribution is 0.0996. The number of aromatic nitrogens is 5. The van der Waals surface area contributed by atoms with E-state index in [2.05, 4.69) is 15.2 Å². The van der Waals surface area contributed by atoms with Gasteiger partial charge in [-0.25, -0.2) is 18.4 Å². The molecule has 0 spiro atoms. The topological polar surface area (TPSA) is 134 Å². The Morgan fingerprint density at radius 3 is 2.54 bits per heavy atom. The summed E-state index contributed by atoms with van der Waals surface area (Å²) in [5, 5.41) is 8.68. The third-order valence-electron chi connectivity index (χ3n) is 6.44. The summed E-state index contributed by atoms with van der Waals surface area (Å²) in [6, 6.07) is 12.3. The lowest BCUT2D eigenvalue weighted by atomic mass is 10.0. The second kappa shape index (κ2) is 9.03. The van der Waals surface area contributed by atoms with Crippen LogP contribution in [0.3, 0.4) is 0 Å². The molecule has 3 aromatic heterocycles. The molecule has 0 saturated carbocycles. The van der Waals surface area contributed by atoms with Crippen LogP contribution >= 0.6 is 0 Å². The molecule has 39 heavy (non-hydrogen) atoms. The molecule has 0 bridgehead atoms. The van der Waals surface area contributed by atoms with Crippen LogP contribution in [-0.2, 0) is 6.54 Å². The number of hydrogen-bond donors (Lipinski definition) is 2. The second-order valence-corrected chi connectivity index (χ2v) is 9.31. The zero-order valence-corrected chi connectivity index (χ0v) is 20.9. The molecule has 1 amide bonds. The molecule has 0 aliphatic rings. The number of hydrogen-bond acceptors (Lipinski definition) is 7. The third kappa shape index (κ3) is 3.97. The van der Waals surface area contributed by atoms with E-state index in [0.29, 0.717) is 28.9 Å². The van der Waals surface area contributed by atoms with Crippen molar-refractivity contribution < 1.29 is 18.1 Å². The highest BCUT2D eigenvalue weighted by Gasteiger charge is 2.23. The predicted octanol–water partition coefficient (Wildman–Crippen LogP) is 4.04. The van der Waals surface area contributed by atoms with Gasteiger partial charge in [-0.2, -0.15) is 5.10 Å². The molecule has 0 saturated heterocycles. The zero-order chi connectivity index (χ0) is 27.4. The van der Waals surface area contributed by atoms with Crippen molar-refractivity contribution in [2.45, 2.75) is 6.54 Å². The number of anilines is 1. The minimum atomic E-state index is -0.833. The van der Waals surface area contributed by atoms with Crippen LogP contribution in [0.25, 0.3) is 44.4 Å². The van der Waals surface area contributed by atoms with Crippen molar-refractivity contribution >= 4 is 33.6 Å². The Morgan fingerprint density at radius 2 is 1.79 bits per heavy atom. The third-order valence-corrected chi connectivity index (χ3v) is 6.44. The number of benzene rings is 3. The molecule has 6 aromatic rings. The molecule has 0 aliphatic carbocycles. The van der Waals surface area contributed by atoms with Crippen molar-refractivity contribution in [3.63, 3.8) is 0 Å². The summed E-state index contributed by atoms with van der Waals surface area (Å²) >= 11 is 0. The number of nitrogens with zero attached hydrogens (tertiary/aromatic N) is 6. The molecule has 196 valence electrons. The summed E-state index contributed by atoms with van der Waals surface area (Å²) in [6.45, 7) is 0.556. The number of amides is 1. The first-order chi connectivity index (χ1) is 18.7. The number of imidazole rings is 1. The molecule has 0 unspecified atom stereocenters. The summed E-state index contributed by atoms with van der Waals surface area (Å²) in [5.41, 5.74) is 12.7. The average Bonchev–Trinajstić information content (AvgIpc) is 3.62. The van der Waals surface area contributed by atoms with Gasteiger partial charge in [0.2, 0.25) is 0 Å². The van der Waals surface area contributed by atoms with E-state index in [0.717, 1.165) is 5.82 Å². The molecule has 3 heterocycles. The summed E-state index contributed by atoms with van der Waals surface area (Å²) in [4.78, 5) is 18.5. The standard InChI is InChI=1S/C27H22F2N8O2/c1-35(2)13-22-32-9-10-36(22)14-3-5-16(20(28)12-14)17-6-7-18-24(27(31)38)33-37(25(18)23(17)29)15-4-8-21-19(11-15)26(30)34-39-21/h3-12H,13H2,1-2H3,(H2,30,34)(H2,31,38). The number of rotatable bonds is 6. The molecule has 0 radical (unpaired) electrons. The monoisotopic (exact) mass is 528 g/mol. The fraction of sp³-hybridized carbons (Fsp3) is 0.111. The van der Waals surface area contributed by atoms with Gasteiger partial charge < -0.3 is 25.5 Å². The smallest absolute Gasteiger partial charge is 0.269 e. The zero-order valence-electron chi connectivity index (χ0n) is 20.9. The first-order valence-electron chi connectivity index (χ1n) is 11.9. The first-order valence-corrected chi connectivity index (χ1v) is 11.9. The van der Waals surface area contributed by atoms with Gasteiger partial charge in [-0.05, 0) is 56.6 Å². The largest absolute Gasteiger partial charge is 0.380 e. The van der Waals surface area contributed by atoms with Crippen molar-refractivity contribution in [2.24, 2.45) is 5.73 Å². The van der Waals surface area contributed by atoms with E-state index < -0.39 is 17.5 Å². The summed E-state index contributed by atoms with van der Waals surface area (Å²) < 4.78 is 39.9. The lowest BCUT2D eigenvalue weighted by Crippen LogP contribution is -2.14. The predicted molar refractivity (Wildman–Crippen MR) is 141 cm³/mol. The van der Waals surface area contributed by atoms with E-state index in [4.69, 9.17) is 16.0 Å². The molecule has 0 fully saturated rings. The van der Waals surface area contributed by atoms with Crippen molar-refractivity contribution in [1.29, 1.82) is 0 Å². The molecule has 12 heteroatoms. The highest BCUT2D eigenvalue weighted by molar-refractivity contribution is 6.05. The SMILES string of the molecule is CN(C)Cc1nccn1-c1ccc(-c2ccc3c(C(N)=O)nn(-c4ccc5onc(N)c5c4)c3c2F)c(F)c1. The normalized spacial score (nSPS) is 11.7. The van der Waals surface area contributed by atoms with Crippen LogP contribution in [0.4, 0.5) is 14.6 Å². The van der Waals surface area contributed by atoms with Crippen molar-refractivity contribution in [3.8, 4) is 22.5 Å². The quantitative estimate of drug-likeness (QED) is 0.333. The Bertz CT molecular complexity index is 1900. The van der Waals surface area contributed by atoms with Gasteiger partial charge in [-0.3, -0.25) is 4.79 Å². The second-order valence-electron chi connectivity index (χ2n) is 9.31. The summed E-state index contributed by atoms with van der Waals surface area (Å²) in [5.74, 6) is -1.36. The molecule has 0 atom stereocenters. The van der Waals surface area contributed by atoms with Crippen LogP contribution in [0, 0.1) is 11.6 Å². The number of carbonyl (C=O) groups excluding carboxylic acids is 1. The summed E-state index contributed by atoms with van der Waals surface area (Å²) in [7, 11) is 3.82. The van der Waals surface area contributed by atoms with E-state index in [1.165, 1.54) is 28.9 Å². The first kappa shape index (κ1) is 24.2. The van der Waals surface area contributed by atoms with Crippen LogP contribution in [0.1, 0.15) is 16.3 Å². The summed E-state index contributed by atoms with van der Waals surface area (Å²) in [6.07, 6.45) is 3.38. The maximum absolute atomic E-state index is 16.2. The fourth-order valence-corrected chi connectivity index (χ4v) is 4.66. The number of nitrogen functional groups attached to an aromatic ring is 1. The van der Waals surface area contributed by atoms with Gasteiger partial charge >= 0.3 is 0 Å². The van der Waals surface area contributed by atoms with Gasteiger partial charge in [0.05, 0.1) is 17.6 Å².